The highest BCUT2D eigenvalue weighted by molar-refractivity contribution is 7.98. The fourth-order valence-electron chi connectivity index (χ4n) is 2.64. The molecule has 3 aromatic rings. The van der Waals surface area contributed by atoms with Crippen molar-refractivity contribution in [2.24, 2.45) is 0 Å². The Kier molecular flexibility index (Phi) is 5.98. The van der Waals surface area contributed by atoms with Gasteiger partial charge in [-0.3, -0.25) is 0 Å². The highest BCUT2D eigenvalue weighted by Crippen LogP contribution is 2.27. The number of hydrogen-bond acceptors (Lipinski definition) is 5. The van der Waals surface area contributed by atoms with Crippen molar-refractivity contribution in [3.8, 4) is 11.4 Å². The first-order chi connectivity index (χ1) is 12.9. The van der Waals surface area contributed by atoms with E-state index in [1.165, 1.54) is 18.4 Å². The minimum atomic E-state index is -3.44. The smallest absolute Gasteiger partial charge is 0.242 e. The Morgan fingerprint density at radius 1 is 1.04 bits per heavy atom. The zero-order chi connectivity index (χ0) is 19.4. The summed E-state index contributed by atoms with van der Waals surface area (Å²) in [5.41, 5.74) is 1.95. The third kappa shape index (κ3) is 4.23. The third-order valence-corrected chi connectivity index (χ3v) is 6.96. The normalized spacial score (nSPS) is 11.9. The Labute approximate surface area is 164 Å². The summed E-state index contributed by atoms with van der Waals surface area (Å²) in [7, 11) is -0.370. The van der Waals surface area contributed by atoms with E-state index in [0.717, 1.165) is 28.7 Å². The Morgan fingerprint density at radius 3 is 2.44 bits per heavy atom. The van der Waals surface area contributed by atoms with Crippen LogP contribution < -0.4 is 0 Å². The van der Waals surface area contributed by atoms with E-state index in [9.17, 15) is 8.42 Å². The van der Waals surface area contributed by atoms with Crippen molar-refractivity contribution in [1.29, 1.82) is 0 Å². The van der Waals surface area contributed by atoms with Crippen LogP contribution >= 0.6 is 11.8 Å². The van der Waals surface area contributed by atoms with Gasteiger partial charge < -0.3 is 4.57 Å². The Balaban J connectivity index is 1.81. The maximum absolute atomic E-state index is 12.3. The maximum Gasteiger partial charge on any atom is 0.242 e. The van der Waals surface area contributed by atoms with Crippen LogP contribution in [-0.4, -0.2) is 41.6 Å². The summed E-state index contributed by atoms with van der Waals surface area (Å²) in [6.45, 7) is 2.82. The standard InChI is InChI=1S/C19H22N4O2S2/c1-4-23-18(16-10-6-5-7-11-16)20-21-19(23)26-14-15-9-8-12-17(13-15)27(24,25)22(2)3/h5-13H,4,14H2,1-3H3. The lowest BCUT2D eigenvalue weighted by atomic mass is 10.2. The molecule has 0 amide bonds. The summed E-state index contributed by atoms with van der Waals surface area (Å²) < 4.78 is 27.9. The number of aromatic nitrogens is 3. The van der Waals surface area contributed by atoms with Crippen molar-refractivity contribution in [1.82, 2.24) is 19.1 Å². The third-order valence-electron chi connectivity index (χ3n) is 4.11. The van der Waals surface area contributed by atoms with Crippen molar-refractivity contribution >= 4 is 21.8 Å². The average Bonchev–Trinajstić information content (AvgIpc) is 3.10. The Bertz CT molecular complexity index is 1020. The van der Waals surface area contributed by atoms with E-state index >= 15 is 0 Å². The second-order valence-electron chi connectivity index (χ2n) is 6.14. The van der Waals surface area contributed by atoms with E-state index in [4.69, 9.17) is 0 Å². The predicted octanol–water partition coefficient (Wildman–Crippen LogP) is 3.51. The monoisotopic (exact) mass is 402 g/mol. The summed E-state index contributed by atoms with van der Waals surface area (Å²) in [6, 6.07) is 17.0. The first-order valence-corrected chi connectivity index (χ1v) is 11.0. The van der Waals surface area contributed by atoms with Crippen LogP contribution in [0, 0.1) is 0 Å². The van der Waals surface area contributed by atoms with Crippen molar-refractivity contribution in [2.45, 2.75) is 29.3 Å². The summed E-state index contributed by atoms with van der Waals surface area (Å²) in [5.74, 6) is 1.45. The number of benzene rings is 2. The lowest BCUT2D eigenvalue weighted by molar-refractivity contribution is 0.520. The molecule has 8 heteroatoms. The molecule has 1 aromatic heterocycles. The van der Waals surface area contributed by atoms with Gasteiger partial charge in [0, 0.05) is 32.0 Å². The van der Waals surface area contributed by atoms with E-state index in [2.05, 4.69) is 21.7 Å². The zero-order valence-corrected chi connectivity index (χ0v) is 17.2. The van der Waals surface area contributed by atoms with Gasteiger partial charge in [0.25, 0.3) is 0 Å². The van der Waals surface area contributed by atoms with E-state index in [-0.39, 0.29) is 0 Å². The second-order valence-corrected chi connectivity index (χ2v) is 9.23. The minimum Gasteiger partial charge on any atom is -0.302 e. The molecule has 0 aliphatic rings. The molecular weight excluding hydrogens is 380 g/mol. The van der Waals surface area contributed by atoms with Crippen molar-refractivity contribution in [2.75, 3.05) is 14.1 Å². The molecule has 3 rings (SSSR count). The molecule has 0 unspecified atom stereocenters. The first kappa shape index (κ1) is 19.6. The first-order valence-electron chi connectivity index (χ1n) is 8.56. The zero-order valence-electron chi connectivity index (χ0n) is 15.5. The highest BCUT2D eigenvalue weighted by Gasteiger charge is 2.18. The van der Waals surface area contributed by atoms with E-state index in [0.29, 0.717) is 10.6 Å². The molecule has 0 atom stereocenters. The molecule has 0 aliphatic carbocycles. The van der Waals surface area contributed by atoms with E-state index in [1.807, 2.05) is 36.4 Å². The molecule has 1 heterocycles. The predicted molar refractivity (Wildman–Crippen MR) is 108 cm³/mol. The molecule has 0 saturated carbocycles. The van der Waals surface area contributed by atoms with Gasteiger partial charge in [0.05, 0.1) is 4.90 Å². The highest BCUT2D eigenvalue weighted by atomic mass is 32.2. The number of rotatable bonds is 7. The number of sulfonamides is 1. The van der Waals surface area contributed by atoms with Gasteiger partial charge in [0.15, 0.2) is 11.0 Å². The molecule has 0 saturated heterocycles. The molecule has 0 aliphatic heterocycles. The summed E-state index contributed by atoms with van der Waals surface area (Å²) in [6.07, 6.45) is 0. The van der Waals surface area contributed by atoms with Gasteiger partial charge in [-0.25, -0.2) is 12.7 Å². The molecule has 2 aromatic carbocycles. The quantitative estimate of drug-likeness (QED) is 0.566. The molecule has 0 spiro atoms. The topological polar surface area (TPSA) is 68.1 Å². The van der Waals surface area contributed by atoms with Gasteiger partial charge in [-0.05, 0) is 24.6 Å². The van der Waals surface area contributed by atoms with Crippen LogP contribution in [0.2, 0.25) is 0 Å². The lowest BCUT2D eigenvalue weighted by Gasteiger charge is -2.12. The number of nitrogens with zero attached hydrogens (tertiary/aromatic N) is 4. The molecule has 0 fully saturated rings. The molecule has 6 nitrogen and oxygen atoms in total. The van der Waals surface area contributed by atoms with Crippen LogP contribution in [0.1, 0.15) is 12.5 Å². The van der Waals surface area contributed by atoms with Crippen LogP contribution in [0.15, 0.2) is 64.6 Å². The van der Waals surface area contributed by atoms with E-state index < -0.39 is 10.0 Å². The van der Waals surface area contributed by atoms with Gasteiger partial charge in [-0.1, -0.05) is 54.2 Å². The molecule has 0 bridgehead atoms. The second kappa shape index (κ2) is 8.24. The number of thioether (sulfide) groups is 1. The van der Waals surface area contributed by atoms with Crippen LogP contribution in [-0.2, 0) is 22.3 Å². The van der Waals surface area contributed by atoms with Crippen molar-refractivity contribution in [3.05, 3.63) is 60.2 Å². The van der Waals surface area contributed by atoms with Crippen LogP contribution in [0.3, 0.4) is 0 Å². The molecule has 0 N–H and O–H groups in total. The van der Waals surface area contributed by atoms with Crippen LogP contribution in [0.25, 0.3) is 11.4 Å². The SMILES string of the molecule is CCn1c(SCc2cccc(S(=O)(=O)N(C)C)c2)nnc1-c1ccccc1. The number of hydrogen-bond donors (Lipinski definition) is 0. The maximum atomic E-state index is 12.3. The minimum absolute atomic E-state index is 0.299. The van der Waals surface area contributed by atoms with Gasteiger partial charge >= 0.3 is 0 Å². The molecule has 0 radical (unpaired) electrons. The fraction of sp³-hybridized carbons (Fsp3) is 0.263. The molecule has 27 heavy (non-hydrogen) atoms. The fourth-order valence-corrected chi connectivity index (χ4v) is 4.55. The van der Waals surface area contributed by atoms with Gasteiger partial charge in [0.1, 0.15) is 0 Å². The summed E-state index contributed by atoms with van der Waals surface area (Å²) in [4.78, 5) is 0.299. The summed E-state index contributed by atoms with van der Waals surface area (Å²) >= 11 is 1.55. The van der Waals surface area contributed by atoms with Crippen LogP contribution in [0.5, 0.6) is 0 Å². The summed E-state index contributed by atoms with van der Waals surface area (Å²) in [5, 5.41) is 9.48. The van der Waals surface area contributed by atoms with Gasteiger partial charge in [-0.15, -0.1) is 10.2 Å². The lowest BCUT2D eigenvalue weighted by Crippen LogP contribution is -2.22. The van der Waals surface area contributed by atoms with Crippen LogP contribution in [0.4, 0.5) is 0 Å². The molecular formula is C19H22N4O2S2. The Morgan fingerprint density at radius 2 is 1.78 bits per heavy atom. The van der Waals surface area contributed by atoms with Crippen molar-refractivity contribution in [3.63, 3.8) is 0 Å². The van der Waals surface area contributed by atoms with Gasteiger partial charge in [0.2, 0.25) is 10.0 Å². The molecule has 142 valence electrons. The Hall–Kier alpha value is -2.16. The average molecular weight is 403 g/mol. The van der Waals surface area contributed by atoms with Gasteiger partial charge in [-0.2, -0.15) is 0 Å². The van der Waals surface area contributed by atoms with E-state index in [1.54, 1.807) is 30.0 Å². The van der Waals surface area contributed by atoms with Crippen molar-refractivity contribution < 1.29 is 8.42 Å². The largest absolute Gasteiger partial charge is 0.302 e.